The lowest BCUT2D eigenvalue weighted by molar-refractivity contribution is -0.137. The number of alkyl halides is 3. The molecule has 0 amide bonds. The Morgan fingerprint density at radius 1 is 1.18 bits per heavy atom. The van der Waals surface area contributed by atoms with Gasteiger partial charge in [0, 0.05) is 16.7 Å². The van der Waals surface area contributed by atoms with E-state index in [1.54, 1.807) is 20.8 Å². The molecule has 2 nitrogen and oxygen atoms in total. The largest absolute Gasteiger partial charge is 0.416 e. The number of hydrogen-bond acceptors (Lipinski definition) is 2. The third kappa shape index (κ3) is 2.99. The van der Waals surface area contributed by atoms with E-state index in [0.717, 1.165) is 18.2 Å². The first-order valence-electron chi connectivity index (χ1n) is 5.05. The molecule has 0 saturated carbocycles. The first kappa shape index (κ1) is 13.5. The van der Waals surface area contributed by atoms with Crippen LogP contribution in [0.4, 0.5) is 18.9 Å². The Kier molecular flexibility index (Phi) is 3.23. The quantitative estimate of drug-likeness (QED) is 0.607. The van der Waals surface area contributed by atoms with Gasteiger partial charge in [-0.2, -0.15) is 13.2 Å². The van der Waals surface area contributed by atoms with Crippen molar-refractivity contribution >= 4 is 11.5 Å². The Morgan fingerprint density at radius 2 is 1.71 bits per heavy atom. The van der Waals surface area contributed by atoms with Gasteiger partial charge in [-0.25, -0.2) is 0 Å². The topological polar surface area (TPSA) is 43.1 Å². The van der Waals surface area contributed by atoms with Crippen molar-refractivity contribution in [3.8, 4) is 0 Å². The number of carbonyl (C=O) groups excluding carboxylic acids is 1. The fourth-order valence-corrected chi connectivity index (χ4v) is 1.35. The molecule has 0 aliphatic heterocycles. The van der Waals surface area contributed by atoms with Crippen LogP contribution in [0.15, 0.2) is 18.2 Å². The minimum absolute atomic E-state index is 0.130. The second-order valence-electron chi connectivity index (χ2n) is 4.88. The van der Waals surface area contributed by atoms with Crippen LogP contribution in [0.1, 0.15) is 36.7 Å². The second kappa shape index (κ2) is 4.05. The first-order valence-corrected chi connectivity index (χ1v) is 5.05. The highest BCUT2D eigenvalue weighted by Crippen LogP contribution is 2.33. The molecule has 1 aromatic carbocycles. The van der Waals surface area contributed by atoms with E-state index < -0.39 is 17.2 Å². The number of ketones is 1. The van der Waals surface area contributed by atoms with Crippen LogP contribution in [0.5, 0.6) is 0 Å². The molecule has 0 saturated heterocycles. The fourth-order valence-electron chi connectivity index (χ4n) is 1.35. The molecule has 0 aliphatic carbocycles. The molecule has 0 spiro atoms. The van der Waals surface area contributed by atoms with Gasteiger partial charge in [0.15, 0.2) is 5.78 Å². The molecule has 0 atom stereocenters. The number of Topliss-reactive ketones (excluding diaryl/α,β-unsaturated/α-hetero) is 1. The average Bonchev–Trinajstić information content (AvgIpc) is 2.13. The molecule has 0 radical (unpaired) electrons. The van der Waals surface area contributed by atoms with Gasteiger partial charge in [0.05, 0.1) is 5.56 Å². The van der Waals surface area contributed by atoms with Crippen molar-refractivity contribution in [1.82, 2.24) is 0 Å². The molecule has 0 heterocycles. The van der Waals surface area contributed by atoms with Gasteiger partial charge in [-0.15, -0.1) is 0 Å². The van der Waals surface area contributed by atoms with Crippen molar-refractivity contribution in [2.24, 2.45) is 5.41 Å². The molecule has 0 aliphatic rings. The second-order valence-corrected chi connectivity index (χ2v) is 4.88. The molecular formula is C12H14F3NO. The number of halogens is 3. The Morgan fingerprint density at radius 3 is 2.06 bits per heavy atom. The molecule has 94 valence electrons. The van der Waals surface area contributed by atoms with Crippen molar-refractivity contribution in [2.45, 2.75) is 26.9 Å². The maximum Gasteiger partial charge on any atom is 0.416 e. The molecule has 0 aromatic heterocycles. The molecule has 5 heteroatoms. The summed E-state index contributed by atoms with van der Waals surface area (Å²) in [5.74, 6) is -0.274. The smallest absolute Gasteiger partial charge is 0.398 e. The number of nitrogen functional groups attached to an aromatic ring is 1. The van der Waals surface area contributed by atoms with Gasteiger partial charge >= 0.3 is 6.18 Å². The summed E-state index contributed by atoms with van der Waals surface area (Å²) in [6.45, 7) is 5.06. The number of anilines is 1. The zero-order valence-corrected chi connectivity index (χ0v) is 9.85. The zero-order valence-electron chi connectivity index (χ0n) is 9.85. The Labute approximate surface area is 97.6 Å². The van der Waals surface area contributed by atoms with Crippen molar-refractivity contribution in [1.29, 1.82) is 0 Å². The predicted molar refractivity (Wildman–Crippen MR) is 59.6 cm³/mol. The van der Waals surface area contributed by atoms with Crippen molar-refractivity contribution in [3.63, 3.8) is 0 Å². The summed E-state index contributed by atoms with van der Waals surface area (Å²) in [6, 6.07) is 2.79. The number of carbonyl (C=O) groups is 1. The van der Waals surface area contributed by atoms with Gasteiger partial charge in [0.1, 0.15) is 0 Å². The normalized spacial score (nSPS) is 12.6. The molecule has 2 N–H and O–H groups in total. The standard InChI is InChI=1S/C12H14F3NO/c1-11(2,3)10(17)8-5-4-7(6-9(8)16)12(13,14)15/h4-6H,16H2,1-3H3. The molecule has 0 unspecified atom stereocenters. The third-order valence-electron chi connectivity index (χ3n) is 2.30. The van der Waals surface area contributed by atoms with Crippen molar-refractivity contribution in [2.75, 3.05) is 5.73 Å². The lowest BCUT2D eigenvalue weighted by atomic mass is 9.85. The van der Waals surface area contributed by atoms with Crippen LogP contribution < -0.4 is 5.73 Å². The maximum atomic E-state index is 12.4. The number of benzene rings is 1. The van der Waals surface area contributed by atoms with Crippen molar-refractivity contribution in [3.05, 3.63) is 29.3 Å². The van der Waals surface area contributed by atoms with Crippen LogP contribution >= 0.6 is 0 Å². The van der Waals surface area contributed by atoms with Gasteiger partial charge in [0.2, 0.25) is 0 Å². The van der Waals surface area contributed by atoms with Gasteiger partial charge in [-0.3, -0.25) is 4.79 Å². The highest BCUT2D eigenvalue weighted by molar-refractivity contribution is 6.04. The fraction of sp³-hybridized carbons (Fsp3) is 0.417. The van der Waals surface area contributed by atoms with Gasteiger partial charge in [-0.1, -0.05) is 20.8 Å². The number of nitrogens with two attached hydrogens (primary N) is 1. The minimum atomic E-state index is -4.45. The van der Waals surface area contributed by atoms with Gasteiger partial charge in [-0.05, 0) is 18.2 Å². The summed E-state index contributed by atoms with van der Waals surface area (Å²) in [6.07, 6.45) is -4.45. The van der Waals surface area contributed by atoms with E-state index in [1.165, 1.54) is 0 Å². The molecule has 1 rings (SSSR count). The lowest BCUT2D eigenvalue weighted by Gasteiger charge is -2.18. The number of hydrogen-bond donors (Lipinski definition) is 1. The Bertz CT molecular complexity index is 444. The van der Waals surface area contributed by atoms with Gasteiger partial charge < -0.3 is 5.73 Å². The van der Waals surface area contributed by atoms with E-state index in [0.29, 0.717) is 0 Å². The van der Waals surface area contributed by atoms with Crippen LogP contribution in [0.25, 0.3) is 0 Å². The maximum absolute atomic E-state index is 12.4. The van der Waals surface area contributed by atoms with E-state index >= 15 is 0 Å². The summed E-state index contributed by atoms with van der Waals surface area (Å²) in [7, 11) is 0. The SMILES string of the molecule is CC(C)(C)C(=O)c1ccc(C(F)(F)F)cc1N. The minimum Gasteiger partial charge on any atom is -0.398 e. The van der Waals surface area contributed by atoms with E-state index in [9.17, 15) is 18.0 Å². The Balaban J connectivity index is 3.20. The average molecular weight is 245 g/mol. The molecular weight excluding hydrogens is 231 g/mol. The number of rotatable bonds is 1. The predicted octanol–water partition coefficient (Wildman–Crippen LogP) is 3.52. The first-order chi connectivity index (χ1) is 7.53. The van der Waals surface area contributed by atoms with E-state index in [-0.39, 0.29) is 17.0 Å². The van der Waals surface area contributed by atoms with Crippen LogP contribution in [0, 0.1) is 5.41 Å². The Hall–Kier alpha value is -1.52. The van der Waals surface area contributed by atoms with Crippen LogP contribution in [0.2, 0.25) is 0 Å². The third-order valence-corrected chi connectivity index (χ3v) is 2.30. The van der Waals surface area contributed by atoms with E-state index in [4.69, 9.17) is 5.73 Å². The van der Waals surface area contributed by atoms with Gasteiger partial charge in [0.25, 0.3) is 0 Å². The van der Waals surface area contributed by atoms with Crippen LogP contribution in [-0.2, 0) is 6.18 Å². The zero-order chi connectivity index (χ0) is 13.4. The van der Waals surface area contributed by atoms with Crippen LogP contribution in [0.3, 0.4) is 0 Å². The summed E-state index contributed by atoms with van der Waals surface area (Å²) < 4.78 is 37.2. The molecule has 1 aromatic rings. The van der Waals surface area contributed by atoms with Crippen LogP contribution in [-0.4, -0.2) is 5.78 Å². The monoisotopic (exact) mass is 245 g/mol. The highest BCUT2D eigenvalue weighted by Gasteiger charge is 2.32. The molecule has 0 bridgehead atoms. The summed E-state index contributed by atoms with van der Waals surface area (Å²) in [4.78, 5) is 11.9. The summed E-state index contributed by atoms with van der Waals surface area (Å²) >= 11 is 0. The lowest BCUT2D eigenvalue weighted by Crippen LogP contribution is -2.21. The summed E-state index contributed by atoms with van der Waals surface area (Å²) in [5, 5.41) is 0. The molecule has 17 heavy (non-hydrogen) atoms. The highest BCUT2D eigenvalue weighted by atomic mass is 19.4. The molecule has 0 fully saturated rings. The summed E-state index contributed by atoms with van der Waals surface area (Å²) in [5.41, 5.74) is 3.97. The van der Waals surface area contributed by atoms with E-state index in [2.05, 4.69) is 0 Å². The van der Waals surface area contributed by atoms with Crippen molar-refractivity contribution < 1.29 is 18.0 Å². The van der Waals surface area contributed by atoms with E-state index in [1.807, 2.05) is 0 Å².